The molecule has 0 saturated carbocycles. The summed E-state index contributed by atoms with van der Waals surface area (Å²) in [6, 6.07) is 5.49. The number of halogens is 2. The molecule has 0 aliphatic heterocycles. The fraction of sp³-hybridized carbons (Fsp3) is 0. The smallest absolute Gasteiger partial charge is 0.153 e. The van der Waals surface area contributed by atoms with Gasteiger partial charge in [0.25, 0.3) is 0 Å². The molecule has 2 N–H and O–H groups in total. The Morgan fingerprint density at radius 2 is 2.06 bits per heavy atom. The number of ether oxygens (including phenoxy) is 1. The second-order valence-corrected chi connectivity index (χ2v) is 3.50. The van der Waals surface area contributed by atoms with Crippen LogP contribution in [0.1, 0.15) is 0 Å². The lowest BCUT2D eigenvalue weighted by molar-refractivity contribution is 0.482. The first-order valence-electron chi connectivity index (χ1n) is 4.49. The van der Waals surface area contributed by atoms with Gasteiger partial charge in [-0.05, 0) is 18.2 Å². The Hall–Kier alpha value is -1.81. The number of rotatable bonds is 2. The molecule has 0 fully saturated rings. The van der Waals surface area contributed by atoms with Gasteiger partial charge >= 0.3 is 0 Å². The van der Waals surface area contributed by atoms with E-state index in [4.69, 9.17) is 22.1 Å². The lowest BCUT2D eigenvalue weighted by atomic mass is 10.3. The van der Waals surface area contributed by atoms with E-state index in [0.717, 1.165) is 0 Å². The molecule has 5 heteroatoms. The summed E-state index contributed by atoms with van der Waals surface area (Å²) in [4.78, 5) is 3.83. The Morgan fingerprint density at radius 1 is 1.25 bits per heavy atom. The molecule has 0 unspecified atom stereocenters. The van der Waals surface area contributed by atoms with Crippen molar-refractivity contribution in [2.75, 3.05) is 5.73 Å². The lowest BCUT2D eigenvalue weighted by Gasteiger charge is -2.08. The summed E-state index contributed by atoms with van der Waals surface area (Å²) in [6.45, 7) is 0. The highest BCUT2D eigenvalue weighted by molar-refractivity contribution is 6.32. The Kier molecular flexibility index (Phi) is 2.92. The number of hydrogen-bond acceptors (Lipinski definition) is 3. The van der Waals surface area contributed by atoms with Gasteiger partial charge in [-0.15, -0.1) is 0 Å². The first kappa shape index (κ1) is 10.7. The molecule has 82 valence electrons. The van der Waals surface area contributed by atoms with Crippen molar-refractivity contribution in [3.63, 3.8) is 0 Å². The molecule has 3 nitrogen and oxygen atoms in total. The predicted molar refractivity (Wildman–Crippen MR) is 60.1 cm³/mol. The van der Waals surface area contributed by atoms with Crippen LogP contribution in [0.4, 0.5) is 10.1 Å². The fourth-order valence-corrected chi connectivity index (χ4v) is 1.37. The Labute approximate surface area is 96.6 Å². The Bertz CT molecular complexity index is 519. The number of nitrogens with two attached hydrogens (primary N) is 1. The van der Waals surface area contributed by atoms with Gasteiger partial charge in [-0.2, -0.15) is 0 Å². The Balaban J connectivity index is 2.31. The van der Waals surface area contributed by atoms with Crippen molar-refractivity contribution < 1.29 is 9.13 Å². The van der Waals surface area contributed by atoms with Crippen LogP contribution in [0.25, 0.3) is 0 Å². The van der Waals surface area contributed by atoms with Crippen LogP contribution in [-0.2, 0) is 0 Å². The average Bonchev–Trinajstić information content (AvgIpc) is 2.25. The molecule has 0 bridgehead atoms. The number of nitrogens with zero attached hydrogens (tertiary/aromatic N) is 1. The van der Waals surface area contributed by atoms with Crippen molar-refractivity contribution in [2.45, 2.75) is 0 Å². The van der Waals surface area contributed by atoms with Crippen LogP contribution >= 0.6 is 11.6 Å². The summed E-state index contributed by atoms with van der Waals surface area (Å²) in [5, 5.41) is 0.191. The molecule has 1 aromatic heterocycles. The van der Waals surface area contributed by atoms with Gasteiger partial charge in [-0.25, -0.2) is 4.39 Å². The number of benzene rings is 1. The van der Waals surface area contributed by atoms with E-state index in [1.165, 1.54) is 24.4 Å². The van der Waals surface area contributed by atoms with Crippen LogP contribution in [-0.4, -0.2) is 4.98 Å². The third kappa shape index (κ3) is 2.23. The molecule has 0 radical (unpaired) electrons. The van der Waals surface area contributed by atoms with Gasteiger partial charge in [-0.1, -0.05) is 11.6 Å². The van der Waals surface area contributed by atoms with Crippen molar-refractivity contribution in [3.05, 3.63) is 47.5 Å². The molecule has 1 heterocycles. The zero-order valence-electron chi connectivity index (χ0n) is 8.15. The van der Waals surface area contributed by atoms with E-state index >= 15 is 0 Å². The summed E-state index contributed by atoms with van der Waals surface area (Å²) >= 11 is 5.81. The van der Waals surface area contributed by atoms with Crippen LogP contribution < -0.4 is 10.5 Å². The van der Waals surface area contributed by atoms with Gasteiger partial charge in [0.15, 0.2) is 5.75 Å². The number of hydrogen-bond donors (Lipinski definition) is 1. The van der Waals surface area contributed by atoms with Gasteiger partial charge in [0.2, 0.25) is 0 Å². The monoisotopic (exact) mass is 238 g/mol. The molecule has 16 heavy (non-hydrogen) atoms. The number of aromatic nitrogens is 1. The van der Waals surface area contributed by atoms with Crippen molar-refractivity contribution in [3.8, 4) is 11.5 Å². The highest BCUT2D eigenvalue weighted by Gasteiger charge is 2.06. The standard InChI is InChI=1S/C11H8ClFN2O/c12-8-5-7(13)1-2-10(8)16-11-3-4-15-6-9(11)14/h1-6H,14H2. The fourth-order valence-electron chi connectivity index (χ4n) is 1.16. The summed E-state index contributed by atoms with van der Waals surface area (Å²) in [5.74, 6) is 0.365. The molecule has 0 aliphatic rings. The highest BCUT2D eigenvalue weighted by Crippen LogP contribution is 2.31. The van der Waals surface area contributed by atoms with Crippen molar-refractivity contribution >= 4 is 17.3 Å². The molecule has 0 spiro atoms. The average molecular weight is 239 g/mol. The number of pyridine rings is 1. The molecule has 2 aromatic rings. The van der Waals surface area contributed by atoms with E-state index in [2.05, 4.69) is 4.98 Å². The minimum absolute atomic E-state index is 0.191. The van der Waals surface area contributed by atoms with E-state index in [1.807, 2.05) is 0 Å². The van der Waals surface area contributed by atoms with E-state index < -0.39 is 5.82 Å². The third-order valence-electron chi connectivity index (χ3n) is 1.92. The summed E-state index contributed by atoms with van der Waals surface area (Å²) < 4.78 is 18.2. The lowest BCUT2D eigenvalue weighted by Crippen LogP contribution is -1.93. The first-order valence-corrected chi connectivity index (χ1v) is 4.87. The third-order valence-corrected chi connectivity index (χ3v) is 2.22. The van der Waals surface area contributed by atoms with Crippen LogP contribution in [0.5, 0.6) is 11.5 Å². The van der Waals surface area contributed by atoms with Crippen molar-refractivity contribution in [1.82, 2.24) is 4.98 Å². The van der Waals surface area contributed by atoms with E-state index in [9.17, 15) is 4.39 Å². The van der Waals surface area contributed by atoms with Crippen LogP contribution in [0.15, 0.2) is 36.7 Å². The molecule has 0 atom stereocenters. The van der Waals surface area contributed by atoms with Gasteiger partial charge < -0.3 is 10.5 Å². The quantitative estimate of drug-likeness (QED) is 0.874. The first-order chi connectivity index (χ1) is 7.66. The maximum atomic E-state index is 12.8. The van der Waals surface area contributed by atoms with Crippen molar-refractivity contribution in [1.29, 1.82) is 0 Å². The summed E-state index contributed by atoms with van der Waals surface area (Å²) in [6.07, 6.45) is 3.01. The number of nitrogen functional groups attached to an aromatic ring is 1. The largest absolute Gasteiger partial charge is 0.454 e. The SMILES string of the molecule is Nc1cnccc1Oc1ccc(F)cc1Cl. The van der Waals surface area contributed by atoms with E-state index in [1.54, 1.807) is 12.3 Å². The number of anilines is 1. The second-order valence-electron chi connectivity index (χ2n) is 3.09. The van der Waals surface area contributed by atoms with Crippen LogP contribution in [0, 0.1) is 5.82 Å². The van der Waals surface area contributed by atoms with E-state index in [0.29, 0.717) is 17.2 Å². The second kappa shape index (κ2) is 4.37. The van der Waals surface area contributed by atoms with Gasteiger partial charge in [-0.3, -0.25) is 4.98 Å². The predicted octanol–water partition coefficient (Wildman–Crippen LogP) is 3.25. The maximum absolute atomic E-state index is 12.8. The maximum Gasteiger partial charge on any atom is 0.153 e. The topological polar surface area (TPSA) is 48.1 Å². The minimum Gasteiger partial charge on any atom is -0.454 e. The van der Waals surface area contributed by atoms with Gasteiger partial charge in [0, 0.05) is 12.3 Å². The highest BCUT2D eigenvalue weighted by atomic mass is 35.5. The Morgan fingerprint density at radius 3 is 2.75 bits per heavy atom. The molecular formula is C11H8ClFN2O. The van der Waals surface area contributed by atoms with Gasteiger partial charge in [0.05, 0.1) is 16.9 Å². The molecule has 0 saturated heterocycles. The molecular weight excluding hydrogens is 231 g/mol. The summed E-state index contributed by atoms with van der Waals surface area (Å²) in [5.41, 5.74) is 6.04. The minimum atomic E-state index is -0.417. The van der Waals surface area contributed by atoms with Gasteiger partial charge in [0.1, 0.15) is 11.6 Å². The molecule has 0 aliphatic carbocycles. The van der Waals surface area contributed by atoms with E-state index in [-0.39, 0.29) is 5.02 Å². The zero-order chi connectivity index (χ0) is 11.5. The molecule has 1 aromatic carbocycles. The van der Waals surface area contributed by atoms with Crippen LogP contribution in [0.3, 0.4) is 0 Å². The molecule has 2 rings (SSSR count). The normalized spacial score (nSPS) is 10.1. The van der Waals surface area contributed by atoms with Crippen molar-refractivity contribution in [2.24, 2.45) is 0 Å². The summed E-state index contributed by atoms with van der Waals surface area (Å²) in [7, 11) is 0. The zero-order valence-corrected chi connectivity index (χ0v) is 8.91. The molecule has 0 amide bonds. The van der Waals surface area contributed by atoms with Crippen LogP contribution in [0.2, 0.25) is 5.02 Å².